The Balaban J connectivity index is 3.12. The molecule has 0 saturated carbocycles. The first-order valence-electron chi connectivity index (χ1n) is 17.0. The molecule has 0 aliphatic rings. The third kappa shape index (κ3) is 35.0. The third-order valence-corrected chi connectivity index (χ3v) is 11.4. The summed E-state index contributed by atoms with van der Waals surface area (Å²) in [5.74, 6) is -0.996. The second-order valence-electron chi connectivity index (χ2n) is 11.8. The van der Waals surface area contributed by atoms with Crippen molar-refractivity contribution in [3.8, 4) is 0 Å². The number of aliphatic carboxylic acids is 1. The van der Waals surface area contributed by atoms with Gasteiger partial charge in [0, 0.05) is 0 Å². The monoisotopic (exact) mass is 718 g/mol. The van der Waals surface area contributed by atoms with Crippen LogP contribution in [0.5, 0.6) is 0 Å². The van der Waals surface area contributed by atoms with Gasteiger partial charge in [0.15, 0.2) is 8.32 Å². The van der Waals surface area contributed by atoms with Crippen LogP contribution in [-0.4, -0.2) is 185 Å². The lowest BCUT2D eigenvalue weighted by Crippen LogP contribution is -2.41. The van der Waals surface area contributed by atoms with Gasteiger partial charge in [-0.15, -0.1) is 0 Å². The third-order valence-electron chi connectivity index (χ3n) is 6.81. The Bertz CT molecular complexity index is 682. The number of rotatable bonds is 39. The van der Waals surface area contributed by atoms with Crippen molar-refractivity contribution in [2.24, 2.45) is 0 Å². The molecule has 0 saturated heterocycles. The molecule has 0 unspecified atom stereocenters. The summed E-state index contributed by atoms with van der Waals surface area (Å²) in [6.45, 7) is 22.5. The van der Waals surface area contributed by atoms with Gasteiger partial charge in [0.1, 0.15) is 6.61 Å². The summed E-state index contributed by atoms with van der Waals surface area (Å²) in [6, 6.07) is 0. The van der Waals surface area contributed by atoms with Crippen LogP contribution >= 0.6 is 0 Å². The van der Waals surface area contributed by atoms with Crippen molar-refractivity contribution < 1.29 is 71.2 Å². The lowest BCUT2D eigenvalue weighted by atomic mass is 10.2. The lowest BCUT2D eigenvalue weighted by Gasteiger charge is -2.36. The van der Waals surface area contributed by atoms with E-state index in [-0.39, 0.29) is 18.3 Å². The molecule has 0 heterocycles. The van der Waals surface area contributed by atoms with Crippen LogP contribution in [0.2, 0.25) is 18.1 Å². The lowest BCUT2D eigenvalue weighted by molar-refractivity contribution is -0.142. The molecule has 1 N–H and O–H groups in total. The van der Waals surface area contributed by atoms with Gasteiger partial charge >= 0.3 is 5.97 Å². The van der Waals surface area contributed by atoms with Gasteiger partial charge in [0.2, 0.25) is 0 Å². The zero-order chi connectivity index (χ0) is 35.4. The Morgan fingerprint density at radius 3 is 0.771 bits per heavy atom. The van der Waals surface area contributed by atoms with Gasteiger partial charge in [-0.1, -0.05) is 20.8 Å². The van der Waals surface area contributed by atoms with Crippen LogP contribution < -0.4 is 0 Å². The topological polar surface area (TPSA) is 157 Å². The summed E-state index contributed by atoms with van der Waals surface area (Å²) in [6.07, 6.45) is 0. The van der Waals surface area contributed by atoms with E-state index in [2.05, 4.69) is 33.9 Å². The van der Waals surface area contributed by atoms with Crippen LogP contribution in [0.4, 0.5) is 0 Å². The normalized spacial score (nSPS) is 12.3. The van der Waals surface area contributed by atoms with Crippen LogP contribution in [0.1, 0.15) is 20.8 Å². The minimum absolute atomic E-state index is 0.212. The molecule has 16 heteroatoms. The maximum atomic E-state index is 10.3. The fourth-order valence-electron chi connectivity index (χ4n) is 3.15. The average molecular weight is 719 g/mol. The van der Waals surface area contributed by atoms with Crippen molar-refractivity contribution in [3.05, 3.63) is 0 Å². The minimum Gasteiger partial charge on any atom is -0.480 e. The largest absolute Gasteiger partial charge is 0.480 e. The minimum atomic E-state index is -1.70. The molecule has 0 rings (SSSR count). The quantitative estimate of drug-likeness (QED) is 0.0729. The van der Waals surface area contributed by atoms with E-state index in [1.165, 1.54) is 0 Å². The van der Waals surface area contributed by atoms with E-state index in [4.69, 9.17) is 66.4 Å². The van der Waals surface area contributed by atoms with Crippen LogP contribution in [0.3, 0.4) is 0 Å². The van der Waals surface area contributed by atoms with Gasteiger partial charge in [0.05, 0.1) is 159 Å². The summed E-state index contributed by atoms with van der Waals surface area (Å²) in [7, 11) is -1.70. The maximum Gasteiger partial charge on any atom is 0.329 e. The molecule has 0 radical (unpaired) electrons. The van der Waals surface area contributed by atoms with Crippen LogP contribution in [0.25, 0.3) is 0 Å². The van der Waals surface area contributed by atoms with E-state index in [9.17, 15) is 4.79 Å². The summed E-state index contributed by atoms with van der Waals surface area (Å²) in [4.78, 5) is 10.3. The molecule has 0 fully saturated rings. The SMILES string of the molecule is CC(C)(C)[Si](C)(C)OCCOCCOCCOCCOCCOCCOCCOCCOCCOCCOCCOCCOCC(=O)O. The van der Waals surface area contributed by atoms with Crippen molar-refractivity contribution in [1.82, 2.24) is 0 Å². The van der Waals surface area contributed by atoms with Gasteiger partial charge in [0.25, 0.3) is 0 Å². The fraction of sp³-hybridized carbons (Fsp3) is 0.969. The molecule has 0 aromatic carbocycles. The summed E-state index contributed by atoms with van der Waals surface area (Å²) in [5, 5.41) is 8.64. The van der Waals surface area contributed by atoms with E-state index < -0.39 is 14.3 Å². The first-order valence-corrected chi connectivity index (χ1v) is 19.9. The molecular formula is C32H66O15Si. The predicted octanol–water partition coefficient (Wildman–Crippen LogP) is 2.29. The van der Waals surface area contributed by atoms with Crippen molar-refractivity contribution in [2.75, 3.05) is 165 Å². The van der Waals surface area contributed by atoms with E-state index in [0.717, 1.165) is 0 Å². The summed E-state index contributed by atoms with van der Waals surface area (Å²) < 4.78 is 70.9. The zero-order valence-electron chi connectivity index (χ0n) is 30.3. The highest BCUT2D eigenvalue weighted by molar-refractivity contribution is 6.74. The van der Waals surface area contributed by atoms with Gasteiger partial charge in [-0.3, -0.25) is 0 Å². The smallest absolute Gasteiger partial charge is 0.329 e. The second kappa shape index (κ2) is 34.6. The Kier molecular flexibility index (Phi) is 34.0. The van der Waals surface area contributed by atoms with Crippen molar-refractivity contribution in [3.63, 3.8) is 0 Å². The highest BCUT2D eigenvalue weighted by atomic mass is 28.4. The predicted molar refractivity (Wildman–Crippen MR) is 181 cm³/mol. The Hall–Kier alpha value is -0.833. The molecule has 0 bridgehead atoms. The molecule has 0 atom stereocenters. The number of carboxylic acids is 1. The number of carboxylic acid groups (broad SMARTS) is 1. The number of ether oxygens (including phenoxy) is 12. The van der Waals surface area contributed by atoms with Crippen molar-refractivity contribution in [1.29, 1.82) is 0 Å². The Labute approximate surface area is 289 Å². The van der Waals surface area contributed by atoms with Gasteiger partial charge in [-0.25, -0.2) is 4.79 Å². The number of carbonyl (C=O) groups is 1. The first kappa shape index (κ1) is 47.2. The second-order valence-corrected chi connectivity index (χ2v) is 16.6. The van der Waals surface area contributed by atoms with Crippen LogP contribution in [0.15, 0.2) is 0 Å². The summed E-state index contributed by atoms with van der Waals surface area (Å²) >= 11 is 0. The molecule has 0 spiro atoms. The molecule has 288 valence electrons. The molecule has 15 nitrogen and oxygen atoms in total. The first-order chi connectivity index (χ1) is 23.2. The van der Waals surface area contributed by atoms with E-state index in [1.54, 1.807) is 0 Å². The highest BCUT2D eigenvalue weighted by Crippen LogP contribution is 2.36. The van der Waals surface area contributed by atoms with E-state index >= 15 is 0 Å². The molecule has 0 aliphatic carbocycles. The van der Waals surface area contributed by atoms with Crippen LogP contribution in [0, 0.1) is 0 Å². The average Bonchev–Trinajstić information content (AvgIpc) is 3.03. The molecular weight excluding hydrogens is 652 g/mol. The molecule has 0 aromatic heterocycles. The highest BCUT2D eigenvalue weighted by Gasteiger charge is 2.36. The van der Waals surface area contributed by atoms with E-state index in [0.29, 0.717) is 152 Å². The fourth-order valence-corrected chi connectivity index (χ4v) is 4.18. The standard InChI is InChI=1S/C32H66O15Si/c1-32(2,3)48(4,5)47-29-28-45-25-24-43-21-20-41-17-16-39-13-12-37-9-8-35-6-7-36-10-11-38-14-15-40-18-19-42-22-23-44-26-27-46-30-31(33)34/h6-30H2,1-5H3,(H,33,34). The Morgan fingerprint density at radius 1 is 0.396 bits per heavy atom. The van der Waals surface area contributed by atoms with E-state index in [1.807, 2.05) is 0 Å². The number of hydrogen-bond acceptors (Lipinski definition) is 14. The van der Waals surface area contributed by atoms with Gasteiger partial charge in [-0.2, -0.15) is 0 Å². The maximum absolute atomic E-state index is 10.3. The van der Waals surface area contributed by atoms with Crippen LogP contribution in [-0.2, 0) is 66.1 Å². The summed E-state index contributed by atoms with van der Waals surface area (Å²) in [5.41, 5.74) is 0. The van der Waals surface area contributed by atoms with Crippen molar-refractivity contribution in [2.45, 2.75) is 38.9 Å². The van der Waals surface area contributed by atoms with Crippen molar-refractivity contribution >= 4 is 14.3 Å². The molecule has 48 heavy (non-hydrogen) atoms. The number of hydrogen-bond donors (Lipinski definition) is 1. The molecule has 0 aliphatic heterocycles. The molecule has 0 amide bonds. The van der Waals surface area contributed by atoms with Gasteiger partial charge < -0.3 is 66.4 Å². The van der Waals surface area contributed by atoms with Gasteiger partial charge in [-0.05, 0) is 18.1 Å². The zero-order valence-corrected chi connectivity index (χ0v) is 31.3. The molecule has 0 aromatic rings. The Morgan fingerprint density at radius 2 is 0.583 bits per heavy atom.